The quantitative estimate of drug-likeness (QED) is 0.368. The van der Waals surface area contributed by atoms with Crippen LogP contribution in [0.3, 0.4) is 0 Å². The third-order valence-electron chi connectivity index (χ3n) is 1.29. The van der Waals surface area contributed by atoms with Gasteiger partial charge in [0, 0.05) is 7.11 Å². The summed E-state index contributed by atoms with van der Waals surface area (Å²) in [5.41, 5.74) is 0. The average molecular weight is 239 g/mol. The molecule has 1 unspecified atom stereocenters. The number of carbonyl (C=O) groups is 2. The molecular formula is C7H12O7P+. The summed E-state index contributed by atoms with van der Waals surface area (Å²) in [4.78, 5) is 22.1. The highest BCUT2D eigenvalue weighted by Crippen LogP contribution is 2.25. The van der Waals surface area contributed by atoms with Gasteiger partial charge in [-0.3, -0.25) is 0 Å². The summed E-state index contributed by atoms with van der Waals surface area (Å²) in [6, 6.07) is 0. The van der Waals surface area contributed by atoms with E-state index in [1.54, 1.807) is 0 Å². The zero-order chi connectivity index (χ0) is 11.8. The number of hydrogen-bond acceptors (Lipinski definition) is 7. The molecule has 86 valence electrons. The van der Waals surface area contributed by atoms with Crippen molar-refractivity contribution in [1.82, 2.24) is 0 Å². The van der Waals surface area contributed by atoms with Crippen molar-refractivity contribution in [2.75, 3.05) is 27.7 Å². The van der Waals surface area contributed by atoms with E-state index in [0.29, 0.717) is 0 Å². The molecule has 7 nitrogen and oxygen atoms in total. The Bertz CT molecular complexity index is 236. The second-order valence-electron chi connectivity index (χ2n) is 2.28. The molecule has 0 aliphatic carbocycles. The number of methoxy groups -OCH3 is 3. The van der Waals surface area contributed by atoms with Gasteiger partial charge in [0.25, 0.3) is 6.35 Å². The fourth-order valence-corrected chi connectivity index (χ4v) is 1.33. The standard InChI is InChI=1S/C7H12O7P/c1-11-4-15(10)14-5(6(8)12-2)7(9)13-3/h5H,4H2,1-3H3/q+1. The molecule has 0 aromatic rings. The van der Waals surface area contributed by atoms with Gasteiger partial charge in [-0.05, 0) is 4.57 Å². The second-order valence-corrected chi connectivity index (χ2v) is 3.42. The molecule has 0 aromatic carbocycles. The number of ether oxygens (including phenoxy) is 3. The first-order chi connectivity index (χ1) is 7.06. The van der Waals surface area contributed by atoms with Crippen LogP contribution in [-0.2, 0) is 32.9 Å². The maximum Gasteiger partial charge on any atom is 0.538 e. The first-order valence-electron chi connectivity index (χ1n) is 3.82. The van der Waals surface area contributed by atoms with E-state index in [9.17, 15) is 14.2 Å². The van der Waals surface area contributed by atoms with Gasteiger partial charge in [0.05, 0.1) is 14.2 Å². The highest BCUT2D eigenvalue weighted by Gasteiger charge is 2.38. The SMILES string of the molecule is COC[P+](=O)OC(C(=O)OC)C(=O)OC. The molecule has 0 rings (SSSR count). The molecule has 0 spiro atoms. The topological polar surface area (TPSA) is 88.1 Å². The summed E-state index contributed by atoms with van der Waals surface area (Å²) in [6.07, 6.45) is -1.86. The van der Waals surface area contributed by atoms with Crippen LogP contribution in [-0.4, -0.2) is 45.7 Å². The molecule has 0 aliphatic rings. The van der Waals surface area contributed by atoms with Crippen LogP contribution in [0.4, 0.5) is 0 Å². The molecule has 0 radical (unpaired) electrons. The molecule has 0 saturated heterocycles. The third kappa shape index (κ3) is 4.83. The van der Waals surface area contributed by atoms with E-state index < -0.39 is 26.1 Å². The van der Waals surface area contributed by atoms with Crippen LogP contribution in [0.25, 0.3) is 0 Å². The van der Waals surface area contributed by atoms with Crippen LogP contribution in [0, 0.1) is 0 Å². The molecule has 8 heteroatoms. The van der Waals surface area contributed by atoms with Crippen molar-refractivity contribution in [3.8, 4) is 0 Å². The number of esters is 2. The van der Waals surface area contributed by atoms with Crippen molar-refractivity contribution < 1.29 is 32.9 Å². The second kappa shape index (κ2) is 7.28. The minimum absolute atomic E-state index is 0.222. The van der Waals surface area contributed by atoms with Gasteiger partial charge >= 0.3 is 26.1 Å². The summed E-state index contributed by atoms with van der Waals surface area (Å²) >= 11 is 0. The maximum absolute atomic E-state index is 11.1. The van der Waals surface area contributed by atoms with E-state index in [2.05, 4.69) is 18.7 Å². The van der Waals surface area contributed by atoms with Crippen LogP contribution >= 0.6 is 8.03 Å². The molecule has 0 saturated carbocycles. The fourth-order valence-electron chi connectivity index (χ4n) is 0.650. The molecule has 0 heterocycles. The van der Waals surface area contributed by atoms with Crippen molar-refractivity contribution in [3.05, 3.63) is 0 Å². The minimum atomic E-state index is -2.27. The van der Waals surface area contributed by atoms with Crippen LogP contribution < -0.4 is 0 Å². The summed E-state index contributed by atoms with van der Waals surface area (Å²) < 4.78 is 28.8. The third-order valence-corrected chi connectivity index (χ3v) is 2.20. The van der Waals surface area contributed by atoms with Crippen molar-refractivity contribution in [2.24, 2.45) is 0 Å². The van der Waals surface area contributed by atoms with Crippen molar-refractivity contribution in [1.29, 1.82) is 0 Å². The van der Waals surface area contributed by atoms with Gasteiger partial charge < -0.3 is 14.2 Å². The van der Waals surface area contributed by atoms with E-state index in [-0.39, 0.29) is 6.35 Å². The molecule has 1 atom stereocenters. The maximum atomic E-state index is 11.1. The normalized spacial score (nSPS) is 11.1. The Morgan fingerprint density at radius 1 is 1.13 bits per heavy atom. The molecular weight excluding hydrogens is 227 g/mol. The van der Waals surface area contributed by atoms with Gasteiger partial charge in [0.15, 0.2) is 0 Å². The van der Waals surface area contributed by atoms with Crippen LogP contribution in [0.5, 0.6) is 0 Å². The van der Waals surface area contributed by atoms with E-state index in [1.165, 1.54) is 7.11 Å². The van der Waals surface area contributed by atoms with Gasteiger partial charge in [-0.25, -0.2) is 9.59 Å². The lowest BCUT2D eigenvalue weighted by atomic mass is 10.4. The predicted molar refractivity (Wildman–Crippen MR) is 48.4 cm³/mol. The van der Waals surface area contributed by atoms with Crippen LogP contribution in [0.1, 0.15) is 0 Å². The Balaban J connectivity index is 4.44. The first-order valence-corrected chi connectivity index (χ1v) is 5.19. The molecule has 0 bridgehead atoms. The van der Waals surface area contributed by atoms with Crippen LogP contribution in [0.15, 0.2) is 0 Å². The van der Waals surface area contributed by atoms with Crippen molar-refractivity contribution in [2.45, 2.75) is 6.10 Å². The Kier molecular flexibility index (Phi) is 6.77. The summed E-state index contributed by atoms with van der Waals surface area (Å²) in [5, 5.41) is 0. The van der Waals surface area contributed by atoms with Crippen molar-refractivity contribution >= 4 is 20.0 Å². The minimum Gasteiger partial charge on any atom is -0.466 e. The zero-order valence-electron chi connectivity index (χ0n) is 8.59. The highest BCUT2D eigenvalue weighted by atomic mass is 31.1. The molecule has 0 fully saturated rings. The fraction of sp³-hybridized carbons (Fsp3) is 0.714. The Labute approximate surface area is 87.5 Å². The van der Waals surface area contributed by atoms with Gasteiger partial charge in [-0.2, -0.15) is 0 Å². The zero-order valence-corrected chi connectivity index (χ0v) is 9.48. The van der Waals surface area contributed by atoms with E-state index in [0.717, 1.165) is 14.2 Å². The number of hydrogen-bond donors (Lipinski definition) is 0. The van der Waals surface area contributed by atoms with Crippen LogP contribution in [0.2, 0.25) is 0 Å². The molecule has 0 amide bonds. The summed E-state index contributed by atoms with van der Waals surface area (Å²) in [5.74, 6) is -1.94. The average Bonchev–Trinajstić information content (AvgIpc) is 2.24. The van der Waals surface area contributed by atoms with E-state index >= 15 is 0 Å². The summed E-state index contributed by atoms with van der Waals surface area (Å²) in [6.45, 7) is 0. The largest absolute Gasteiger partial charge is 0.538 e. The van der Waals surface area contributed by atoms with E-state index in [1.807, 2.05) is 0 Å². The Morgan fingerprint density at radius 2 is 1.60 bits per heavy atom. The molecule has 0 aliphatic heterocycles. The molecule has 15 heavy (non-hydrogen) atoms. The lowest BCUT2D eigenvalue weighted by Gasteiger charge is -2.05. The van der Waals surface area contributed by atoms with E-state index in [4.69, 9.17) is 0 Å². The molecule has 0 aromatic heterocycles. The Morgan fingerprint density at radius 3 is 1.93 bits per heavy atom. The predicted octanol–water partition coefficient (Wildman–Crippen LogP) is 0.0639. The van der Waals surface area contributed by atoms with Gasteiger partial charge in [0.1, 0.15) is 0 Å². The van der Waals surface area contributed by atoms with Crippen molar-refractivity contribution in [3.63, 3.8) is 0 Å². The lowest BCUT2D eigenvalue weighted by Crippen LogP contribution is -2.33. The monoisotopic (exact) mass is 239 g/mol. The number of carbonyl (C=O) groups excluding carboxylic acids is 2. The first kappa shape index (κ1) is 14.0. The van der Waals surface area contributed by atoms with Gasteiger partial charge in [-0.15, -0.1) is 4.52 Å². The molecule has 0 N–H and O–H groups in total. The highest BCUT2D eigenvalue weighted by molar-refractivity contribution is 7.38. The smallest absolute Gasteiger partial charge is 0.466 e. The summed E-state index contributed by atoms with van der Waals surface area (Å²) in [7, 11) is 1.19. The number of rotatable bonds is 6. The lowest BCUT2D eigenvalue weighted by molar-refractivity contribution is -0.163. The van der Waals surface area contributed by atoms with Gasteiger partial charge in [0.2, 0.25) is 0 Å². The Hall–Kier alpha value is -1.04. The van der Waals surface area contributed by atoms with Gasteiger partial charge in [-0.1, -0.05) is 0 Å².